The summed E-state index contributed by atoms with van der Waals surface area (Å²) < 4.78 is 1.87. The molecule has 0 radical (unpaired) electrons. The van der Waals surface area contributed by atoms with Crippen molar-refractivity contribution in [3.05, 3.63) is 77.0 Å². The van der Waals surface area contributed by atoms with E-state index in [0.29, 0.717) is 17.8 Å². The molecule has 1 aromatic carbocycles. The van der Waals surface area contributed by atoms with Gasteiger partial charge >= 0.3 is 0 Å². The van der Waals surface area contributed by atoms with Crippen LogP contribution in [0.5, 0.6) is 0 Å². The summed E-state index contributed by atoms with van der Waals surface area (Å²) in [5.41, 5.74) is 6.80. The number of hydrogen-bond donors (Lipinski definition) is 0. The van der Waals surface area contributed by atoms with Gasteiger partial charge < -0.3 is 4.90 Å². The largest absolute Gasteiger partial charge is 0.345 e. The highest BCUT2D eigenvalue weighted by Crippen LogP contribution is 2.27. The molecule has 0 aliphatic heterocycles. The van der Waals surface area contributed by atoms with E-state index >= 15 is 0 Å². The van der Waals surface area contributed by atoms with Gasteiger partial charge in [0, 0.05) is 43.0 Å². The van der Waals surface area contributed by atoms with Crippen LogP contribution in [0.3, 0.4) is 0 Å². The highest BCUT2D eigenvalue weighted by molar-refractivity contribution is 7.07. The van der Waals surface area contributed by atoms with Crippen molar-refractivity contribution in [1.82, 2.24) is 24.6 Å². The zero-order chi connectivity index (χ0) is 19.5. The second kappa shape index (κ2) is 7.74. The van der Waals surface area contributed by atoms with Crippen molar-refractivity contribution in [1.29, 1.82) is 0 Å². The first-order valence-electron chi connectivity index (χ1n) is 8.80. The molecule has 4 aromatic rings. The lowest BCUT2D eigenvalue weighted by Crippen LogP contribution is -2.22. The van der Waals surface area contributed by atoms with E-state index in [1.165, 1.54) is 0 Å². The van der Waals surface area contributed by atoms with Gasteiger partial charge in [-0.2, -0.15) is 5.10 Å². The molecule has 0 fully saturated rings. The molecule has 0 unspecified atom stereocenters. The topological polar surface area (TPSA) is 63.9 Å². The Morgan fingerprint density at radius 2 is 1.96 bits per heavy atom. The van der Waals surface area contributed by atoms with Crippen molar-refractivity contribution in [2.24, 2.45) is 0 Å². The summed E-state index contributed by atoms with van der Waals surface area (Å²) in [5, 5.41) is 6.68. The maximum atomic E-state index is 12.5. The Hall–Kier alpha value is -3.32. The normalized spacial score (nSPS) is 10.8. The minimum atomic E-state index is -0.0685. The summed E-state index contributed by atoms with van der Waals surface area (Å²) in [4.78, 5) is 22.8. The van der Waals surface area contributed by atoms with Crippen molar-refractivity contribution < 1.29 is 4.79 Å². The fraction of sp³-hybridized carbons (Fsp3) is 0.143. The van der Waals surface area contributed by atoms with Gasteiger partial charge in [0.05, 0.1) is 34.7 Å². The van der Waals surface area contributed by atoms with Crippen LogP contribution in [0.25, 0.3) is 22.5 Å². The molecule has 0 spiro atoms. The summed E-state index contributed by atoms with van der Waals surface area (Å²) in [6.07, 6.45) is 3.65. The molecular weight excluding hydrogens is 370 g/mol. The Labute approximate surface area is 167 Å². The number of thiazole rings is 1. The van der Waals surface area contributed by atoms with Gasteiger partial charge in [0.2, 0.25) is 0 Å². The van der Waals surface area contributed by atoms with Gasteiger partial charge in [0.15, 0.2) is 0 Å². The first-order valence-corrected chi connectivity index (χ1v) is 9.74. The maximum absolute atomic E-state index is 12.5. The molecule has 4 rings (SSSR count). The molecule has 0 saturated carbocycles. The lowest BCUT2D eigenvalue weighted by atomic mass is 10.0. The average Bonchev–Trinajstić information content (AvgIpc) is 3.40. The highest BCUT2D eigenvalue weighted by atomic mass is 32.1. The molecule has 6 nitrogen and oxygen atoms in total. The molecular formula is C21H19N5OS. The van der Waals surface area contributed by atoms with Gasteiger partial charge in [-0.15, -0.1) is 11.3 Å². The minimum absolute atomic E-state index is 0.0685. The second-order valence-corrected chi connectivity index (χ2v) is 7.28. The maximum Gasteiger partial charge on any atom is 0.255 e. The number of carbonyl (C=O) groups is 1. The predicted molar refractivity (Wildman–Crippen MR) is 110 cm³/mol. The fourth-order valence-corrected chi connectivity index (χ4v) is 3.51. The molecule has 0 saturated heterocycles. The van der Waals surface area contributed by atoms with Crippen LogP contribution in [0.1, 0.15) is 16.1 Å². The van der Waals surface area contributed by atoms with Crippen LogP contribution in [0.2, 0.25) is 0 Å². The number of benzene rings is 1. The van der Waals surface area contributed by atoms with Gasteiger partial charge in [0.1, 0.15) is 0 Å². The Morgan fingerprint density at radius 3 is 2.75 bits per heavy atom. The predicted octanol–water partition coefficient (Wildman–Crippen LogP) is 3.82. The molecule has 7 heteroatoms. The average molecular weight is 389 g/mol. The van der Waals surface area contributed by atoms with Crippen molar-refractivity contribution in [3.63, 3.8) is 0 Å². The van der Waals surface area contributed by atoms with E-state index in [1.54, 1.807) is 48.7 Å². The summed E-state index contributed by atoms with van der Waals surface area (Å²) >= 11 is 1.58. The van der Waals surface area contributed by atoms with Gasteiger partial charge in [-0.25, -0.2) is 4.98 Å². The molecule has 0 N–H and O–H groups in total. The smallest absolute Gasteiger partial charge is 0.255 e. The first-order chi connectivity index (χ1) is 13.6. The van der Waals surface area contributed by atoms with Crippen molar-refractivity contribution in [2.75, 3.05) is 14.1 Å². The number of hydrogen-bond acceptors (Lipinski definition) is 5. The number of pyridine rings is 1. The molecule has 28 heavy (non-hydrogen) atoms. The molecule has 1 amide bonds. The van der Waals surface area contributed by atoms with Crippen LogP contribution in [0.15, 0.2) is 65.7 Å². The number of rotatable bonds is 5. The van der Waals surface area contributed by atoms with E-state index in [1.807, 2.05) is 52.1 Å². The molecule has 0 aliphatic rings. The molecule has 140 valence electrons. The summed E-state index contributed by atoms with van der Waals surface area (Å²) in [5.74, 6) is -0.0685. The lowest BCUT2D eigenvalue weighted by Gasteiger charge is -2.13. The highest BCUT2D eigenvalue weighted by Gasteiger charge is 2.16. The van der Waals surface area contributed by atoms with Gasteiger partial charge in [-0.1, -0.05) is 18.2 Å². The van der Waals surface area contributed by atoms with Gasteiger partial charge in [-0.3, -0.25) is 14.5 Å². The standard InChI is InChI=1S/C21H19N5OS/c1-25(2)21(27)18-7-4-9-22-20(18)16-6-3-5-15(11-16)19-8-10-26(24-19)12-17-13-28-14-23-17/h3-11,13-14H,12H2,1-2H3. The zero-order valence-corrected chi connectivity index (χ0v) is 16.4. The van der Waals surface area contributed by atoms with Crippen LogP contribution >= 0.6 is 11.3 Å². The van der Waals surface area contributed by atoms with Crippen molar-refractivity contribution in [2.45, 2.75) is 6.54 Å². The van der Waals surface area contributed by atoms with E-state index < -0.39 is 0 Å². The Kier molecular flexibility index (Phi) is 4.99. The van der Waals surface area contributed by atoms with E-state index in [9.17, 15) is 4.79 Å². The summed E-state index contributed by atoms with van der Waals surface area (Å²) in [7, 11) is 3.48. The number of amides is 1. The Morgan fingerprint density at radius 1 is 1.11 bits per heavy atom. The monoisotopic (exact) mass is 389 g/mol. The molecule has 0 atom stereocenters. The molecule has 3 aromatic heterocycles. The fourth-order valence-electron chi connectivity index (χ4n) is 2.96. The van der Waals surface area contributed by atoms with E-state index in [-0.39, 0.29) is 5.91 Å². The van der Waals surface area contributed by atoms with Gasteiger partial charge in [-0.05, 0) is 24.3 Å². The number of nitrogens with zero attached hydrogens (tertiary/aromatic N) is 5. The first kappa shape index (κ1) is 18.1. The lowest BCUT2D eigenvalue weighted by molar-refractivity contribution is 0.0828. The van der Waals surface area contributed by atoms with Crippen LogP contribution in [-0.4, -0.2) is 44.7 Å². The molecule has 3 heterocycles. The third kappa shape index (κ3) is 3.70. The van der Waals surface area contributed by atoms with E-state index in [2.05, 4.69) is 15.1 Å². The third-order valence-corrected chi connectivity index (χ3v) is 4.96. The summed E-state index contributed by atoms with van der Waals surface area (Å²) in [6.45, 7) is 0.644. The molecule has 0 aliphatic carbocycles. The van der Waals surface area contributed by atoms with Crippen LogP contribution in [0.4, 0.5) is 0 Å². The SMILES string of the molecule is CN(C)C(=O)c1cccnc1-c1cccc(-c2ccn(Cc3cscn3)n2)c1. The zero-order valence-electron chi connectivity index (χ0n) is 15.6. The second-order valence-electron chi connectivity index (χ2n) is 6.56. The minimum Gasteiger partial charge on any atom is -0.345 e. The Balaban J connectivity index is 1.66. The van der Waals surface area contributed by atoms with Crippen LogP contribution in [0, 0.1) is 0 Å². The quantitative estimate of drug-likeness (QED) is 0.521. The van der Waals surface area contributed by atoms with Crippen molar-refractivity contribution in [3.8, 4) is 22.5 Å². The summed E-state index contributed by atoms with van der Waals surface area (Å²) in [6, 6.07) is 13.5. The van der Waals surface area contributed by atoms with Gasteiger partial charge in [0.25, 0.3) is 5.91 Å². The van der Waals surface area contributed by atoms with Crippen LogP contribution < -0.4 is 0 Å². The number of carbonyl (C=O) groups excluding carboxylic acids is 1. The molecule has 0 bridgehead atoms. The van der Waals surface area contributed by atoms with E-state index in [0.717, 1.165) is 22.5 Å². The van der Waals surface area contributed by atoms with Crippen LogP contribution in [-0.2, 0) is 6.54 Å². The number of aromatic nitrogens is 4. The van der Waals surface area contributed by atoms with Crippen molar-refractivity contribution >= 4 is 17.2 Å². The Bertz CT molecular complexity index is 1100. The van der Waals surface area contributed by atoms with E-state index in [4.69, 9.17) is 0 Å². The third-order valence-electron chi connectivity index (χ3n) is 4.32.